The topological polar surface area (TPSA) is 56.7 Å². The van der Waals surface area contributed by atoms with E-state index in [0.29, 0.717) is 5.70 Å². The first-order valence-electron chi connectivity index (χ1n) is 6.48. The molecule has 5 nitrogen and oxygen atoms in total. The SMILES string of the molecule is CC(C)NC(=O)N(C1=CN=CNC=C1)c1ccccc1. The molecule has 2 amide bonds. The molecule has 5 heteroatoms. The van der Waals surface area contributed by atoms with E-state index in [9.17, 15) is 4.79 Å². The summed E-state index contributed by atoms with van der Waals surface area (Å²) < 4.78 is 0. The molecule has 0 bridgehead atoms. The average molecular weight is 270 g/mol. The number of carbonyl (C=O) groups is 1. The van der Waals surface area contributed by atoms with Gasteiger partial charge in [0.25, 0.3) is 0 Å². The third kappa shape index (κ3) is 3.47. The van der Waals surface area contributed by atoms with Crippen LogP contribution in [0.15, 0.2) is 59.5 Å². The first-order chi connectivity index (χ1) is 9.68. The van der Waals surface area contributed by atoms with Gasteiger partial charge in [0.2, 0.25) is 0 Å². The van der Waals surface area contributed by atoms with Crippen LogP contribution >= 0.6 is 0 Å². The van der Waals surface area contributed by atoms with Crippen molar-refractivity contribution in [2.45, 2.75) is 19.9 Å². The Bertz CT molecular complexity index is 546. The Morgan fingerprint density at radius 2 is 2.05 bits per heavy atom. The fourth-order valence-corrected chi connectivity index (χ4v) is 1.78. The molecular formula is C15H18N4O. The zero-order valence-corrected chi connectivity index (χ0v) is 11.6. The van der Waals surface area contributed by atoms with Gasteiger partial charge in [0.1, 0.15) is 0 Å². The molecule has 2 N–H and O–H groups in total. The van der Waals surface area contributed by atoms with Crippen LogP contribution in [0.5, 0.6) is 0 Å². The molecule has 0 spiro atoms. The van der Waals surface area contributed by atoms with Crippen molar-refractivity contribution in [3.8, 4) is 0 Å². The summed E-state index contributed by atoms with van der Waals surface area (Å²) >= 11 is 0. The molecule has 0 unspecified atom stereocenters. The van der Waals surface area contributed by atoms with E-state index in [0.717, 1.165) is 5.69 Å². The molecule has 1 aliphatic rings. The van der Waals surface area contributed by atoms with E-state index in [1.165, 1.54) is 0 Å². The number of nitrogens with zero attached hydrogens (tertiary/aromatic N) is 2. The highest BCUT2D eigenvalue weighted by Gasteiger charge is 2.19. The molecule has 1 heterocycles. The summed E-state index contributed by atoms with van der Waals surface area (Å²) in [6.07, 6.45) is 6.75. The van der Waals surface area contributed by atoms with Gasteiger partial charge in [-0.15, -0.1) is 0 Å². The third-order valence-corrected chi connectivity index (χ3v) is 2.59. The van der Waals surface area contributed by atoms with Gasteiger partial charge in [-0.25, -0.2) is 9.79 Å². The number of amides is 2. The molecule has 2 rings (SSSR count). The molecule has 0 saturated carbocycles. The molecule has 20 heavy (non-hydrogen) atoms. The molecule has 0 fully saturated rings. The van der Waals surface area contributed by atoms with Gasteiger partial charge in [0, 0.05) is 12.2 Å². The number of hydrogen-bond donors (Lipinski definition) is 2. The van der Waals surface area contributed by atoms with Crippen molar-refractivity contribution in [2.75, 3.05) is 4.90 Å². The average Bonchev–Trinajstić information content (AvgIpc) is 2.68. The van der Waals surface area contributed by atoms with Crippen LogP contribution in [0.25, 0.3) is 0 Å². The molecule has 0 radical (unpaired) electrons. The highest BCUT2D eigenvalue weighted by Crippen LogP contribution is 2.20. The summed E-state index contributed by atoms with van der Waals surface area (Å²) in [4.78, 5) is 18.1. The summed E-state index contributed by atoms with van der Waals surface area (Å²) in [5.41, 5.74) is 1.48. The second kappa shape index (κ2) is 6.56. The zero-order valence-electron chi connectivity index (χ0n) is 11.6. The van der Waals surface area contributed by atoms with Crippen LogP contribution in [-0.2, 0) is 0 Å². The minimum atomic E-state index is -0.181. The summed E-state index contributed by atoms with van der Waals surface area (Å²) in [5, 5.41) is 5.78. The fraction of sp³-hybridized carbons (Fsp3) is 0.200. The van der Waals surface area contributed by atoms with E-state index in [1.54, 1.807) is 29.7 Å². The normalized spacial score (nSPS) is 13.4. The van der Waals surface area contributed by atoms with E-state index in [-0.39, 0.29) is 12.1 Å². The first-order valence-corrected chi connectivity index (χ1v) is 6.48. The van der Waals surface area contributed by atoms with Crippen molar-refractivity contribution in [1.82, 2.24) is 10.6 Å². The van der Waals surface area contributed by atoms with Crippen LogP contribution in [0.3, 0.4) is 0 Å². The van der Waals surface area contributed by atoms with Gasteiger partial charge in [-0.1, -0.05) is 18.2 Å². The number of allylic oxidation sites excluding steroid dienone is 1. The minimum Gasteiger partial charge on any atom is -0.353 e. The number of nitrogens with one attached hydrogen (secondary N) is 2. The minimum absolute atomic E-state index is 0.0608. The van der Waals surface area contributed by atoms with Gasteiger partial charge in [0.15, 0.2) is 0 Å². The maximum absolute atomic E-state index is 12.4. The van der Waals surface area contributed by atoms with Crippen molar-refractivity contribution >= 4 is 18.1 Å². The molecule has 0 aromatic heterocycles. The number of urea groups is 1. The summed E-state index contributed by atoms with van der Waals surface area (Å²) in [6.45, 7) is 3.86. The second-order valence-electron chi connectivity index (χ2n) is 4.61. The molecule has 1 aromatic rings. The maximum atomic E-state index is 12.4. The Morgan fingerprint density at radius 3 is 2.75 bits per heavy atom. The van der Waals surface area contributed by atoms with Crippen LogP contribution in [0.2, 0.25) is 0 Å². The second-order valence-corrected chi connectivity index (χ2v) is 4.61. The Balaban J connectivity index is 2.36. The Kier molecular flexibility index (Phi) is 4.55. The van der Waals surface area contributed by atoms with Crippen LogP contribution in [-0.4, -0.2) is 18.4 Å². The predicted octanol–water partition coefficient (Wildman–Crippen LogP) is 2.60. The van der Waals surface area contributed by atoms with Crippen LogP contribution in [0, 0.1) is 0 Å². The van der Waals surface area contributed by atoms with Gasteiger partial charge in [-0.05, 0) is 32.1 Å². The lowest BCUT2D eigenvalue weighted by Crippen LogP contribution is -2.42. The first kappa shape index (κ1) is 13.9. The molecular weight excluding hydrogens is 252 g/mol. The summed E-state index contributed by atoms with van der Waals surface area (Å²) in [6, 6.07) is 9.36. The Labute approximate surface area is 118 Å². The third-order valence-electron chi connectivity index (χ3n) is 2.59. The van der Waals surface area contributed by atoms with Crippen LogP contribution in [0.4, 0.5) is 10.5 Å². The van der Waals surface area contributed by atoms with E-state index in [1.807, 2.05) is 44.2 Å². The number of carbonyl (C=O) groups excluding carboxylic acids is 1. The van der Waals surface area contributed by atoms with Crippen molar-refractivity contribution in [2.24, 2.45) is 4.99 Å². The predicted molar refractivity (Wildman–Crippen MR) is 81.4 cm³/mol. The summed E-state index contributed by atoms with van der Waals surface area (Å²) in [5.74, 6) is 0. The van der Waals surface area contributed by atoms with Gasteiger partial charge in [-0.3, -0.25) is 4.90 Å². The Hall–Kier alpha value is -2.56. The van der Waals surface area contributed by atoms with Crippen LogP contribution in [0.1, 0.15) is 13.8 Å². The van der Waals surface area contributed by atoms with Gasteiger partial charge >= 0.3 is 6.03 Å². The van der Waals surface area contributed by atoms with Crippen molar-refractivity contribution in [3.05, 3.63) is 54.5 Å². The lowest BCUT2D eigenvalue weighted by Gasteiger charge is -2.24. The van der Waals surface area contributed by atoms with Crippen LogP contribution < -0.4 is 15.5 Å². The lowest BCUT2D eigenvalue weighted by atomic mass is 10.2. The van der Waals surface area contributed by atoms with E-state index in [4.69, 9.17) is 0 Å². The zero-order chi connectivity index (χ0) is 14.4. The molecule has 104 valence electrons. The maximum Gasteiger partial charge on any atom is 0.326 e. The molecule has 0 atom stereocenters. The quantitative estimate of drug-likeness (QED) is 0.887. The van der Waals surface area contributed by atoms with Crippen molar-refractivity contribution < 1.29 is 4.79 Å². The number of hydrogen-bond acceptors (Lipinski definition) is 3. The van der Waals surface area contributed by atoms with Crippen molar-refractivity contribution in [1.29, 1.82) is 0 Å². The van der Waals surface area contributed by atoms with Gasteiger partial charge < -0.3 is 10.6 Å². The highest BCUT2D eigenvalue weighted by atomic mass is 16.2. The smallest absolute Gasteiger partial charge is 0.326 e. The molecule has 0 aliphatic carbocycles. The molecule has 0 saturated heterocycles. The highest BCUT2D eigenvalue weighted by molar-refractivity contribution is 5.96. The lowest BCUT2D eigenvalue weighted by molar-refractivity contribution is 0.245. The number of para-hydroxylation sites is 1. The standard InChI is InChI=1S/C15H18N4O/c1-12(2)18-15(20)19(13-6-4-3-5-7-13)14-8-9-16-11-17-10-14/h3-12H,1-2H3,(H,16,17)(H,18,20). The summed E-state index contributed by atoms with van der Waals surface area (Å²) in [7, 11) is 0. The number of aliphatic imine (C=N–C) groups is 1. The number of anilines is 1. The van der Waals surface area contributed by atoms with Gasteiger partial charge in [-0.2, -0.15) is 0 Å². The number of rotatable bonds is 3. The van der Waals surface area contributed by atoms with E-state index >= 15 is 0 Å². The van der Waals surface area contributed by atoms with Gasteiger partial charge in [0.05, 0.1) is 23.9 Å². The van der Waals surface area contributed by atoms with E-state index < -0.39 is 0 Å². The molecule has 1 aromatic carbocycles. The van der Waals surface area contributed by atoms with E-state index in [2.05, 4.69) is 15.6 Å². The Morgan fingerprint density at radius 1 is 1.30 bits per heavy atom. The fourth-order valence-electron chi connectivity index (χ4n) is 1.78. The number of benzene rings is 1. The largest absolute Gasteiger partial charge is 0.353 e. The van der Waals surface area contributed by atoms with Crippen molar-refractivity contribution in [3.63, 3.8) is 0 Å². The monoisotopic (exact) mass is 270 g/mol. The molecule has 1 aliphatic heterocycles.